The second-order valence-corrected chi connectivity index (χ2v) is 5.30. The lowest BCUT2D eigenvalue weighted by atomic mass is 10.2. The molecular weight excluding hydrogens is 346 g/mol. The first-order valence-corrected chi connectivity index (χ1v) is 7.10. The van der Waals surface area contributed by atoms with Gasteiger partial charge in [-0.15, -0.1) is 0 Å². The van der Waals surface area contributed by atoms with Crippen LogP contribution in [0.2, 0.25) is 10.0 Å². The molecule has 23 heavy (non-hydrogen) atoms. The van der Waals surface area contributed by atoms with Crippen LogP contribution in [0.3, 0.4) is 0 Å². The summed E-state index contributed by atoms with van der Waals surface area (Å²) in [4.78, 5) is 23.6. The fourth-order valence-corrected chi connectivity index (χ4v) is 2.20. The van der Waals surface area contributed by atoms with Gasteiger partial charge in [0.1, 0.15) is 5.82 Å². The zero-order valence-electron chi connectivity index (χ0n) is 11.6. The number of halogens is 3. The first-order chi connectivity index (χ1) is 10.9. The summed E-state index contributed by atoms with van der Waals surface area (Å²) in [5.41, 5.74) is 5.59. The fourth-order valence-electron chi connectivity index (χ4n) is 1.71. The van der Waals surface area contributed by atoms with E-state index in [2.05, 4.69) is 5.32 Å². The zero-order chi connectivity index (χ0) is 17.0. The van der Waals surface area contributed by atoms with E-state index in [9.17, 15) is 14.0 Å². The standard InChI is InChI=1S/C15H11Cl2FN2O3/c16-8-5-9(14(19)10(17)6-8)15(22)23-7-13(21)20-12-4-2-1-3-11(12)18/h1-6H,7,19H2,(H,20,21). The Kier molecular flexibility index (Phi) is 5.41. The number of nitrogens with two attached hydrogens (primary N) is 1. The van der Waals surface area contributed by atoms with Crippen LogP contribution in [0.25, 0.3) is 0 Å². The summed E-state index contributed by atoms with van der Waals surface area (Å²) in [5, 5.41) is 2.58. The first-order valence-electron chi connectivity index (χ1n) is 6.34. The van der Waals surface area contributed by atoms with Crippen molar-refractivity contribution in [3.8, 4) is 0 Å². The van der Waals surface area contributed by atoms with Crippen LogP contribution in [-0.4, -0.2) is 18.5 Å². The quantitative estimate of drug-likeness (QED) is 0.648. The number of para-hydroxylation sites is 1. The van der Waals surface area contributed by atoms with E-state index >= 15 is 0 Å². The number of nitrogens with one attached hydrogen (secondary N) is 1. The minimum absolute atomic E-state index is 0.00409. The van der Waals surface area contributed by atoms with Crippen LogP contribution in [0.5, 0.6) is 0 Å². The fraction of sp³-hybridized carbons (Fsp3) is 0.0667. The SMILES string of the molecule is Nc1c(Cl)cc(Cl)cc1C(=O)OCC(=O)Nc1ccccc1F. The van der Waals surface area contributed by atoms with Gasteiger partial charge in [0.2, 0.25) is 0 Å². The van der Waals surface area contributed by atoms with Crippen molar-refractivity contribution >= 4 is 46.5 Å². The molecule has 5 nitrogen and oxygen atoms in total. The summed E-state index contributed by atoms with van der Waals surface area (Å²) in [6.45, 7) is -0.614. The number of amides is 1. The number of hydrogen-bond donors (Lipinski definition) is 2. The van der Waals surface area contributed by atoms with E-state index in [0.717, 1.165) is 0 Å². The Morgan fingerprint density at radius 3 is 2.61 bits per heavy atom. The number of anilines is 2. The molecule has 0 fully saturated rings. The predicted octanol–water partition coefficient (Wildman–Crippen LogP) is 3.51. The van der Waals surface area contributed by atoms with Gasteiger partial charge in [0, 0.05) is 5.02 Å². The highest BCUT2D eigenvalue weighted by molar-refractivity contribution is 6.37. The Morgan fingerprint density at radius 1 is 1.22 bits per heavy atom. The molecule has 2 rings (SSSR count). The Bertz CT molecular complexity index is 768. The lowest BCUT2D eigenvalue weighted by Gasteiger charge is -2.09. The maximum Gasteiger partial charge on any atom is 0.340 e. The maximum absolute atomic E-state index is 13.4. The average molecular weight is 357 g/mol. The van der Waals surface area contributed by atoms with Crippen molar-refractivity contribution in [2.45, 2.75) is 0 Å². The van der Waals surface area contributed by atoms with Crippen LogP contribution in [0, 0.1) is 5.82 Å². The molecule has 0 saturated carbocycles. The molecule has 0 aliphatic carbocycles. The lowest BCUT2D eigenvalue weighted by Crippen LogP contribution is -2.22. The molecule has 3 N–H and O–H groups in total. The van der Waals surface area contributed by atoms with E-state index < -0.39 is 24.3 Å². The van der Waals surface area contributed by atoms with E-state index in [0.29, 0.717) is 0 Å². The second-order valence-electron chi connectivity index (χ2n) is 4.45. The van der Waals surface area contributed by atoms with Gasteiger partial charge in [-0.3, -0.25) is 4.79 Å². The summed E-state index contributed by atoms with van der Waals surface area (Å²) in [6.07, 6.45) is 0. The molecule has 2 aromatic carbocycles. The Labute approximate surface area is 141 Å². The van der Waals surface area contributed by atoms with E-state index in [1.807, 2.05) is 0 Å². The summed E-state index contributed by atoms with van der Waals surface area (Å²) >= 11 is 11.6. The van der Waals surface area contributed by atoms with E-state index in [1.54, 1.807) is 6.07 Å². The van der Waals surface area contributed by atoms with E-state index in [1.165, 1.54) is 30.3 Å². The molecule has 0 saturated heterocycles. The van der Waals surface area contributed by atoms with Crippen LogP contribution in [0.4, 0.5) is 15.8 Å². The first kappa shape index (κ1) is 17.1. The Hall–Kier alpha value is -2.31. The summed E-state index contributed by atoms with van der Waals surface area (Å²) < 4.78 is 18.2. The van der Waals surface area contributed by atoms with E-state index in [-0.39, 0.29) is 27.0 Å². The number of nitrogen functional groups attached to an aromatic ring is 1. The van der Waals surface area contributed by atoms with Gasteiger partial charge in [-0.25, -0.2) is 9.18 Å². The number of carbonyl (C=O) groups excluding carboxylic acids is 2. The largest absolute Gasteiger partial charge is 0.452 e. The zero-order valence-corrected chi connectivity index (χ0v) is 13.1. The molecule has 0 bridgehead atoms. The second kappa shape index (κ2) is 7.30. The van der Waals surface area contributed by atoms with Gasteiger partial charge in [0.25, 0.3) is 5.91 Å². The maximum atomic E-state index is 13.4. The highest BCUT2D eigenvalue weighted by Crippen LogP contribution is 2.28. The summed E-state index contributed by atoms with van der Waals surface area (Å²) in [5.74, 6) is -2.16. The minimum atomic E-state index is -0.865. The third kappa shape index (κ3) is 4.34. The third-order valence-corrected chi connectivity index (χ3v) is 3.33. The predicted molar refractivity (Wildman–Crippen MR) is 86.2 cm³/mol. The van der Waals surface area contributed by atoms with Gasteiger partial charge in [-0.2, -0.15) is 0 Å². The smallest absolute Gasteiger partial charge is 0.340 e. The highest BCUT2D eigenvalue weighted by atomic mass is 35.5. The molecule has 8 heteroatoms. The molecule has 120 valence electrons. The number of ether oxygens (including phenoxy) is 1. The van der Waals surface area contributed by atoms with Gasteiger partial charge >= 0.3 is 5.97 Å². The van der Waals surface area contributed by atoms with Crippen LogP contribution >= 0.6 is 23.2 Å². The van der Waals surface area contributed by atoms with Crippen molar-refractivity contribution in [1.82, 2.24) is 0 Å². The van der Waals surface area contributed by atoms with Crippen LogP contribution in [-0.2, 0) is 9.53 Å². The van der Waals surface area contributed by atoms with Crippen molar-refractivity contribution in [2.75, 3.05) is 17.7 Å². The molecule has 0 aromatic heterocycles. The summed E-state index contributed by atoms with van der Waals surface area (Å²) in [7, 11) is 0. The van der Waals surface area contributed by atoms with Crippen molar-refractivity contribution in [2.24, 2.45) is 0 Å². The number of benzene rings is 2. The molecule has 0 spiro atoms. The summed E-state index contributed by atoms with van der Waals surface area (Å²) in [6, 6.07) is 8.26. The van der Waals surface area contributed by atoms with Crippen LogP contribution < -0.4 is 11.1 Å². The molecular formula is C15H11Cl2FN2O3. The molecule has 0 aliphatic heterocycles. The van der Waals surface area contributed by atoms with Crippen molar-refractivity contribution in [1.29, 1.82) is 0 Å². The Balaban J connectivity index is 2.00. The van der Waals surface area contributed by atoms with Gasteiger partial charge in [0.15, 0.2) is 6.61 Å². The van der Waals surface area contributed by atoms with Crippen molar-refractivity contribution < 1.29 is 18.7 Å². The number of rotatable bonds is 4. The molecule has 0 unspecified atom stereocenters. The van der Waals surface area contributed by atoms with Gasteiger partial charge in [0.05, 0.1) is 22.0 Å². The van der Waals surface area contributed by atoms with Crippen LogP contribution in [0.1, 0.15) is 10.4 Å². The Morgan fingerprint density at radius 2 is 1.91 bits per heavy atom. The van der Waals surface area contributed by atoms with Crippen molar-refractivity contribution in [3.05, 3.63) is 57.8 Å². The van der Waals surface area contributed by atoms with Gasteiger partial charge in [-0.1, -0.05) is 35.3 Å². The normalized spacial score (nSPS) is 10.2. The van der Waals surface area contributed by atoms with Gasteiger partial charge in [-0.05, 0) is 24.3 Å². The highest BCUT2D eigenvalue weighted by Gasteiger charge is 2.17. The average Bonchev–Trinajstić information content (AvgIpc) is 2.50. The van der Waals surface area contributed by atoms with Crippen molar-refractivity contribution in [3.63, 3.8) is 0 Å². The molecule has 0 heterocycles. The monoisotopic (exact) mass is 356 g/mol. The molecule has 0 radical (unpaired) electrons. The van der Waals surface area contributed by atoms with E-state index in [4.69, 9.17) is 33.7 Å². The number of hydrogen-bond acceptors (Lipinski definition) is 4. The molecule has 0 aliphatic rings. The lowest BCUT2D eigenvalue weighted by molar-refractivity contribution is -0.119. The number of carbonyl (C=O) groups is 2. The van der Waals surface area contributed by atoms with Crippen LogP contribution in [0.15, 0.2) is 36.4 Å². The third-order valence-electron chi connectivity index (χ3n) is 2.80. The molecule has 1 amide bonds. The molecule has 2 aromatic rings. The number of esters is 1. The minimum Gasteiger partial charge on any atom is -0.452 e. The molecule has 0 atom stereocenters. The topological polar surface area (TPSA) is 81.4 Å². The van der Waals surface area contributed by atoms with Gasteiger partial charge < -0.3 is 15.8 Å².